The van der Waals surface area contributed by atoms with Crippen molar-refractivity contribution in [2.45, 2.75) is 90.5 Å². The van der Waals surface area contributed by atoms with E-state index in [-0.39, 0.29) is 16.2 Å². The predicted molar refractivity (Wildman–Crippen MR) is 151 cm³/mol. The molecule has 2 aromatic carbocycles. The second-order valence-corrected chi connectivity index (χ2v) is 21.9. The highest BCUT2D eigenvalue weighted by molar-refractivity contribution is 6.74. The van der Waals surface area contributed by atoms with Crippen LogP contribution in [0.5, 0.6) is 0 Å². The molecule has 188 valence electrons. The van der Waals surface area contributed by atoms with Gasteiger partial charge in [-0.1, -0.05) is 96.7 Å². The summed E-state index contributed by atoms with van der Waals surface area (Å²) in [4.78, 5) is 0. The van der Waals surface area contributed by atoms with Crippen LogP contribution in [0.25, 0.3) is 5.76 Å². The van der Waals surface area contributed by atoms with Gasteiger partial charge in [-0.3, -0.25) is 0 Å². The fourth-order valence-electron chi connectivity index (χ4n) is 2.92. The average molecular weight is 499 g/mol. The number of ether oxygens (including phenoxy) is 1. The second-order valence-electron chi connectivity index (χ2n) is 12.3. The first kappa shape index (κ1) is 28.6. The Bertz CT molecular complexity index is 938. The number of rotatable bonds is 10. The van der Waals surface area contributed by atoms with E-state index in [4.69, 9.17) is 13.6 Å². The summed E-state index contributed by atoms with van der Waals surface area (Å²) in [7, 11) is -3.72. The third kappa shape index (κ3) is 7.67. The van der Waals surface area contributed by atoms with Crippen LogP contribution in [0, 0.1) is 0 Å². The van der Waals surface area contributed by atoms with E-state index in [0.717, 1.165) is 16.7 Å². The van der Waals surface area contributed by atoms with E-state index in [1.807, 2.05) is 18.2 Å². The quantitative estimate of drug-likeness (QED) is 0.242. The maximum Gasteiger partial charge on any atom is 0.192 e. The molecule has 0 radical (unpaired) electrons. The summed E-state index contributed by atoms with van der Waals surface area (Å²) >= 11 is 0. The van der Waals surface area contributed by atoms with Gasteiger partial charge in [0.1, 0.15) is 11.9 Å². The molecule has 0 fully saturated rings. The van der Waals surface area contributed by atoms with Crippen LogP contribution in [0.3, 0.4) is 0 Å². The largest absolute Gasteiger partial charge is 0.483 e. The lowest BCUT2D eigenvalue weighted by atomic mass is 10.1. The molecule has 3 nitrogen and oxygen atoms in total. The van der Waals surface area contributed by atoms with Crippen LogP contribution in [0.15, 0.2) is 61.2 Å². The minimum atomic E-state index is -1.91. The van der Waals surface area contributed by atoms with Gasteiger partial charge in [0.15, 0.2) is 16.6 Å². The third-order valence-corrected chi connectivity index (χ3v) is 16.5. The maximum atomic E-state index is 6.54. The monoisotopic (exact) mass is 498 g/mol. The first-order valence-corrected chi connectivity index (χ1v) is 18.1. The molecule has 0 aromatic heterocycles. The molecule has 1 atom stereocenters. The van der Waals surface area contributed by atoms with E-state index < -0.39 is 16.6 Å². The summed E-state index contributed by atoms with van der Waals surface area (Å²) in [5, 5.41) is 0.327. The Labute approximate surface area is 210 Å². The van der Waals surface area contributed by atoms with Gasteiger partial charge in [-0.15, -0.1) is 0 Å². The molecule has 5 heteroatoms. The Kier molecular flexibility index (Phi) is 9.19. The zero-order chi connectivity index (χ0) is 25.8. The highest BCUT2D eigenvalue weighted by Crippen LogP contribution is 2.39. The van der Waals surface area contributed by atoms with Gasteiger partial charge in [0.05, 0.1) is 13.2 Å². The summed E-state index contributed by atoms with van der Waals surface area (Å²) in [6, 6.07) is 18.6. The molecular formula is C29H46O3Si2. The Hall–Kier alpha value is -1.67. The van der Waals surface area contributed by atoms with Crippen molar-refractivity contribution in [2.24, 2.45) is 0 Å². The minimum absolute atomic E-state index is 0.143. The average Bonchev–Trinajstić information content (AvgIpc) is 2.74. The number of hydrogen-bond donors (Lipinski definition) is 0. The Morgan fingerprint density at radius 1 is 0.794 bits per heavy atom. The van der Waals surface area contributed by atoms with Crippen molar-refractivity contribution < 1.29 is 13.6 Å². The molecule has 0 heterocycles. The van der Waals surface area contributed by atoms with Crippen LogP contribution < -0.4 is 0 Å². The van der Waals surface area contributed by atoms with Gasteiger partial charge in [0, 0.05) is 5.56 Å². The van der Waals surface area contributed by atoms with Gasteiger partial charge in [-0.05, 0) is 53.5 Å². The van der Waals surface area contributed by atoms with E-state index in [1.165, 1.54) is 0 Å². The first-order chi connectivity index (χ1) is 15.5. The molecular weight excluding hydrogens is 452 g/mol. The standard InChI is InChI=1S/C29H46O3Si2/c1-23(26-19-15-16-24(20-26)21-30-33(8,9)28(2,3)4)32-27(25-17-13-12-14-18-25)22-31-34(10,11)29(5,6)7/h12-20,27H,1,21-22H2,2-11H3. The van der Waals surface area contributed by atoms with Crippen LogP contribution in [-0.4, -0.2) is 23.2 Å². The van der Waals surface area contributed by atoms with E-state index in [1.54, 1.807) is 0 Å². The van der Waals surface area contributed by atoms with Gasteiger partial charge in [0.25, 0.3) is 0 Å². The van der Waals surface area contributed by atoms with Crippen molar-refractivity contribution in [3.8, 4) is 0 Å². The van der Waals surface area contributed by atoms with Gasteiger partial charge >= 0.3 is 0 Å². The Balaban J connectivity index is 2.17. The minimum Gasteiger partial charge on any atom is -0.483 e. The van der Waals surface area contributed by atoms with Gasteiger partial charge in [-0.2, -0.15) is 0 Å². The second kappa shape index (κ2) is 10.9. The van der Waals surface area contributed by atoms with Crippen LogP contribution in [0.4, 0.5) is 0 Å². The molecule has 0 spiro atoms. The van der Waals surface area contributed by atoms with Crippen LogP contribution in [0.1, 0.15) is 64.3 Å². The highest BCUT2D eigenvalue weighted by Gasteiger charge is 2.38. The Morgan fingerprint density at radius 3 is 1.91 bits per heavy atom. The fourth-order valence-corrected chi connectivity index (χ4v) is 4.88. The zero-order valence-corrected chi connectivity index (χ0v) is 25.1. The van der Waals surface area contributed by atoms with E-state index in [0.29, 0.717) is 19.0 Å². The molecule has 34 heavy (non-hydrogen) atoms. The first-order valence-electron chi connectivity index (χ1n) is 12.3. The van der Waals surface area contributed by atoms with Crippen molar-refractivity contribution in [3.63, 3.8) is 0 Å². The molecule has 0 N–H and O–H groups in total. The molecule has 0 bridgehead atoms. The lowest BCUT2D eigenvalue weighted by molar-refractivity contribution is 0.0976. The molecule has 0 aliphatic heterocycles. The maximum absolute atomic E-state index is 6.54. The summed E-state index contributed by atoms with van der Waals surface area (Å²) in [5.41, 5.74) is 3.21. The molecule has 0 saturated carbocycles. The molecule has 0 aliphatic rings. The van der Waals surface area contributed by atoms with Gasteiger partial charge < -0.3 is 13.6 Å². The number of hydrogen-bond acceptors (Lipinski definition) is 3. The summed E-state index contributed by atoms with van der Waals surface area (Å²) in [6.07, 6.45) is -0.213. The van der Waals surface area contributed by atoms with Crippen molar-refractivity contribution in [1.82, 2.24) is 0 Å². The van der Waals surface area contributed by atoms with Crippen molar-refractivity contribution in [3.05, 3.63) is 77.9 Å². The summed E-state index contributed by atoms with van der Waals surface area (Å²) in [6.45, 7) is 28.1. The van der Waals surface area contributed by atoms with Crippen molar-refractivity contribution in [1.29, 1.82) is 0 Å². The molecule has 0 aliphatic carbocycles. The summed E-state index contributed by atoms with van der Waals surface area (Å²) < 4.78 is 19.4. The normalized spacial score (nSPS) is 14.1. The van der Waals surface area contributed by atoms with Crippen molar-refractivity contribution >= 4 is 22.4 Å². The van der Waals surface area contributed by atoms with Crippen molar-refractivity contribution in [2.75, 3.05) is 6.61 Å². The topological polar surface area (TPSA) is 27.7 Å². The van der Waals surface area contributed by atoms with Gasteiger partial charge in [0.2, 0.25) is 0 Å². The van der Waals surface area contributed by atoms with E-state index in [9.17, 15) is 0 Å². The third-order valence-electron chi connectivity index (χ3n) is 7.51. The molecule has 2 rings (SSSR count). The highest BCUT2D eigenvalue weighted by atomic mass is 28.4. The zero-order valence-electron chi connectivity index (χ0n) is 23.1. The fraction of sp³-hybridized carbons (Fsp3) is 0.517. The molecule has 1 unspecified atom stereocenters. The molecule has 2 aromatic rings. The van der Waals surface area contributed by atoms with Crippen LogP contribution >= 0.6 is 0 Å². The van der Waals surface area contributed by atoms with Crippen LogP contribution in [0.2, 0.25) is 36.3 Å². The van der Waals surface area contributed by atoms with E-state index in [2.05, 4.69) is 111 Å². The van der Waals surface area contributed by atoms with Gasteiger partial charge in [-0.25, -0.2) is 0 Å². The lowest BCUT2D eigenvalue weighted by Crippen LogP contribution is -2.41. The predicted octanol–water partition coefficient (Wildman–Crippen LogP) is 8.96. The van der Waals surface area contributed by atoms with Crippen LogP contribution in [-0.2, 0) is 20.2 Å². The molecule has 0 amide bonds. The Morgan fingerprint density at radius 2 is 1.35 bits per heavy atom. The smallest absolute Gasteiger partial charge is 0.192 e. The number of benzene rings is 2. The summed E-state index contributed by atoms with van der Waals surface area (Å²) in [5.74, 6) is 0.655. The SMILES string of the molecule is C=C(OC(CO[Si](C)(C)C(C)(C)C)c1ccccc1)c1cccc(CO[Si](C)(C)C(C)(C)C)c1. The van der Waals surface area contributed by atoms with E-state index >= 15 is 0 Å². The molecule has 0 saturated heterocycles. The lowest BCUT2D eigenvalue weighted by Gasteiger charge is -2.37.